The van der Waals surface area contributed by atoms with Gasteiger partial charge in [0.15, 0.2) is 0 Å². The molecule has 2 heterocycles. The number of hydrogen-bond donors (Lipinski definition) is 1. The lowest BCUT2D eigenvalue weighted by Crippen LogP contribution is -2.52. The van der Waals surface area contributed by atoms with Crippen molar-refractivity contribution in [1.82, 2.24) is 19.4 Å². The average Bonchev–Trinajstić information content (AvgIpc) is 2.91. The molecular weight excluding hydrogens is 524 g/mol. The van der Waals surface area contributed by atoms with Crippen molar-refractivity contribution in [3.05, 3.63) is 78.9 Å². The van der Waals surface area contributed by atoms with E-state index in [0.29, 0.717) is 42.6 Å². The van der Waals surface area contributed by atoms with Crippen LogP contribution in [0.3, 0.4) is 0 Å². The van der Waals surface area contributed by atoms with Gasteiger partial charge in [0.1, 0.15) is 0 Å². The Balaban J connectivity index is 1.29. The molecule has 188 valence electrons. The lowest BCUT2D eigenvalue weighted by molar-refractivity contribution is -0.138. The van der Waals surface area contributed by atoms with E-state index in [2.05, 4.69) is 20.9 Å². The number of hydrogen-bond acceptors (Lipinski definition) is 4. The molecule has 0 spiro atoms. The van der Waals surface area contributed by atoms with Gasteiger partial charge in [0.25, 0.3) is 11.5 Å². The van der Waals surface area contributed by atoms with Crippen molar-refractivity contribution in [2.75, 3.05) is 26.2 Å². The van der Waals surface area contributed by atoms with E-state index in [1.54, 1.807) is 41.3 Å². The number of benzene rings is 2. The Morgan fingerprint density at radius 1 is 0.917 bits per heavy atom. The molecule has 2 aromatic carbocycles. The first-order chi connectivity index (χ1) is 17.4. The molecule has 1 aliphatic heterocycles. The molecule has 0 atom stereocenters. The molecule has 36 heavy (non-hydrogen) atoms. The molecule has 0 bridgehead atoms. The van der Waals surface area contributed by atoms with Crippen LogP contribution in [0.1, 0.15) is 48.0 Å². The van der Waals surface area contributed by atoms with Gasteiger partial charge in [-0.1, -0.05) is 47.3 Å². The maximum Gasteiger partial charge on any atom is 0.329 e. The Bertz CT molecular complexity index is 1420. The fourth-order valence-corrected chi connectivity index (χ4v) is 5.69. The molecule has 1 saturated carbocycles. The standard InChI is InChI=1S/C27H29BrN4O4/c28-21-9-10-23-22(16-21)24(33)29-27(36)32(23)17-18-5-4-8-20(15-18)26(35)31-13-11-30(12-14-31)25(34)19-6-2-1-3-7-19/h4-5,8-10,15-16,19H,1-3,6-7,11-14,17H2,(H,29,33,36). The fourth-order valence-electron chi connectivity index (χ4n) is 5.33. The van der Waals surface area contributed by atoms with Crippen molar-refractivity contribution in [2.45, 2.75) is 38.6 Å². The Hall–Kier alpha value is -3.20. The number of carbonyl (C=O) groups excluding carboxylic acids is 2. The number of H-pyrrole nitrogens is 1. The van der Waals surface area contributed by atoms with Gasteiger partial charge in [-0.2, -0.15) is 0 Å². The summed E-state index contributed by atoms with van der Waals surface area (Å²) in [6.45, 7) is 2.38. The minimum absolute atomic E-state index is 0.0794. The minimum Gasteiger partial charge on any atom is -0.339 e. The summed E-state index contributed by atoms with van der Waals surface area (Å²) in [7, 11) is 0. The van der Waals surface area contributed by atoms with Crippen molar-refractivity contribution < 1.29 is 9.59 Å². The van der Waals surface area contributed by atoms with Crippen molar-refractivity contribution in [1.29, 1.82) is 0 Å². The van der Waals surface area contributed by atoms with Gasteiger partial charge in [0.05, 0.1) is 17.4 Å². The highest BCUT2D eigenvalue weighted by Gasteiger charge is 2.30. The summed E-state index contributed by atoms with van der Waals surface area (Å²) in [4.78, 5) is 57.0. The van der Waals surface area contributed by atoms with E-state index in [1.165, 1.54) is 11.0 Å². The number of amides is 2. The van der Waals surface area contributed by atoms with Gasteiger partial charge in [-0.05, 0) is 48.7 Å². The smallest absolute Gasteiger partial charge is 0.329 e. The van der Waals surface area contributed by atoms with E-state index in [-0.39, 0.29) is 24.3 Å². The van der Waals surface area contributed by atoms with Gasteiger partial charge < -0.3 is 9.80 Å². The quantitative estimate of drug-likeness (QED) is 0.536. The summed E-state index contributed by atoms with van der Waals surface area (Å²) in [6, 6.07) is 12.4. The largest absolute Gasteiger partial charge is 0.339 e. The molecule has 2 fully saturated rings. The van der Waals surface area contributed by atoms with Gasteiger partial charge in [0, 0.05) is 42.1 Å². The predicted octanol–water partition coefficient (Wildman–Crippen LogP) is 3.37. The number of aromatic amines is 1. The first-order valence-corrected chi connectivity index (χ1v) is 13.3. The maximum atomic E-state index is 13.2. The van der Waals surface area contributed by atoms with Crippen LogP contribution in [-0.2, 0) is 11.3 Å². The second kappa shape index (κ2) is 10.4. The molecule has 2 amide bonds. The number of aromatic nitrogens is 2. The third-order valence-corrected chi connectivity index (χ3v) is 7.80. The Morgan fingerprint density at radius 3 is 2.39 bits per heavy atom. The average molecular weight is 553 g/mol. The van der Waals surface area contributed by atoms with Crippen molar-refractivity contribution in [3.8, 4) is 0 Å². The molecule has 1 saturated heterocycles. The predicted molar refractivity (Wildman–Crippen MR) is 141 cm³/mol. The normalized spacial score (nSPS) is 16.9. The molecule has 8 nitrogen and oxygen atoms in total. The molecule has 1 N–H and O–H groups in total. The molecule has 0 unspecified atom stereocenters. The molecule has 0 radical (unpaired) electrons. The number of nitrogens with one attached hydrogen (secondary N) is 1. The number of nitrogens with zero attached hydrogens (tertiary/aromatic N) is 3. The SMILES string of the molecule is O=C(c1cccc(Cn2c(=O)[nH]c(=O)c3cc(Br)ccc32)c1)N1CCN(C(=O)C2CCCCC2)CC1. The van der Waals surface area contributed by atoms with Crippen LogP contribution in [0.2, 0.25) is 0 Å². The van der Waals surface area contributed by atoms with Gasteiger partial charge in [-0.15, -0.1) is 0 Å². The third-order valence-electron chi connectivity index (χ3n) is 7.31. The molecule has 1 aromatic heterocycles. The highest BCUT2D eigenvalue weighted by atomic mass is 79.9. The lowest BCUT2D eigenvalue weighted by Gasteiger charge is -2.37. The van der Waals surface area contributed by atoms with Crippen LogP contribution in [0, 0.1) is 5.92 Å². The number of rotatable bonds is 4. The van der Waals surface area contributed by atoms with E-state index in [1.807, 2.05) is 11.0 Å². The fraction of sp³-hybridized carbons (Fsp3) is 0.407. The Kier molecular flexibility index (Phi) is 7.09. The summed E-state index contributed by atoms with van der Waals surface area (Å²) in [5.41, 5.74) is 0.930. The van der Waals surface area contributed by atoms with E-state index in [9.17, 15) is 19.2 Å². The van der Waals surface area contributed by atoms with Crippen molar-refractivity contribution in [3.63, 3.8) is 0 Å². The number of piperazine rings is 1. The number of fused-ring (bicyclic) bond motifs is 1. The lowest BCUT2D eigenvalue weighted by atomic mass is 9.88. The third kappa shape index (κ3) is 5.02. The zero-order chi connectivity index (χ0) is 25.2. The van der Waals surface area contributed by atoms with Crippen LogP contribution in [0.25, 0.3) is 10.9 Å². The topological polar surface area (TPSA) is 95.5 Å². The highest BCUT2D eigenvalue weighted by molar-refractivity contribution is 9.10. The van der Waals surface area contributed by atoms with Gasteiger partial charge in [0.2, 0.25) is 5.91 Å². The van der Waals surface area contributed by atoms with Gasteiger partial charge in [-0.25, -0.2) is 4.79 Å². The maximum absolute atomic E-state index is 13.2. The zero-order valence-electron chi connectivity index (χ0n) is 20.0. The van der Waals surface area contributed by atoms with E-state index in [0.717, 1.165) is 35.7 Å². The van der Waals surface area contributed by atoms with Crippen molar-refractivity contribution >= 4 is 38.6 Å². The molecule has 1 aliphatic carbocycles. The molecule has 2 aliphatic rings. The molecule has 3 aromatic rings. The number of carbonyl (C=O) groups is 2. The van der Waals surface area contributed by atoms with Gasteiger partial charge in [-0.3, -0.25) is 23.9 Å². The van der Waals surface area contributed by atoms with E-state index < -0.39 is 11.2 Å². The molecule has 9 heteroatoms. The summed E-state index contributed by atoms with van der Waals surface area (Å²) >= 11 is 3.37. The van der Waals surface area contributed by atoms with E-state index in [4.69, 9.17) is 0 Å². The zero-order valence-corrected chi connectivity index (χ0v) is 21.6. The molecular formula is C27H29BrN4O4. The Morgan fingerprint density at radius 2 is 1.64 bits per heavy atom. The van der Waals surface area contributed by atoms with Crippen LogP contribution in [0.5, 0.6) is 0 Å². The minimum atomic E-state index is -0.495. The van der Waals surface area contributed by atoms with Crippen molar-refractivity contribution in [2.24, 2.45) is 5.92 Å². The highest BCUT2D eigenvalue weighted by Crippen LogP contribution is 2.26. The number of halogens is 1. The summed E-state index contributed by atoms with van der Waals surface area (Å²) < 4.78 is 2.25. The summed E-state index contributed by atoms with van der Waals surface area (Å²) in [5.74, 6) is 0.310. The van der Waals surface area contributed by atoms with Crippen LogP contribution in [0.4, 0.5) is 0 Å². The van der Waals surface area contributed by atoms with Crippen LogP contribution in [0.15, 0.2) is 56.5 Å². The monoisotopic (exact) mass is 552 g/mol. The summed E-state index contributed by atoms with van der Waals surface area (Å²) in [5, 5.41) is 0.414. The second-order valence-electron chi connectivity index (χ2n) is 9.66. The van der Waals surface area contributed by atoms with Crippen LogP contribution >= 0.6 is 15.9 Å². The summed E-state index contributed by atoms with van der Waals surface area (Å²) in [6.07, 6.45) is 5.44. The van der Waals surface area contributed by atoms with Crippen LogP contribution < -0.4 is 11.2 Å². The Labute approximate surface area is 217 Å². The van der Waals surface area contributed by atoms with E-state index >= 15 is 0 Å². The second-order valence-corrected chi connectivity index (χ2v) is 10.6. The molecule has 5 rings (SSSR count). The van der Waals surface area contributed by atoms with Gasteiger partial charge >= 0.3 is 5.69 Å². The first-order valence-electron chi connectivity index (χ1n) is 12.5. The van der Waals surface area contributed by atoms with Crippen LogP contribution in [-0.4, -0.2) is 57.3 Å². The first kappa shape index (κ1) is 24.5.